The number of halogens is 1. The van der Waals surface area contributed by atoms with Crippen LogP contribution in [-0.4, -0.2) is 38.4 Å². The molecule has 0 aliphatic heterocycles. The number of benzene rings is 1. The standard InChI is InChI=1S/C15H19FN4O2/c1-10(5-11(2)21)7-18-15(22)12-3-4-14(13(16)6-12)20-9-17-8-19-20/h3-4,6,8-11,21H,5,7H2,1-2H3,(H,18,22). The number of carbonyl (C=O) groups excluding carboxylic acids is 1. The quantitative estimate of drug-likeness (QED) is 0.848. The fourth-order valence-corrected chi connectivity index (χ4v) is 2.20. The van der Waals surface area contributed by atoms with E-state index in [1.165, 1.54) is 35.5 Å². The highest BCUT2D eigenvalue weighted by Gasteiger charge is 2.13. The number of nitrogens with one attached hydrogen (secondary N) is 1. The maximum Gasteiger partial charge on any atom is 0.251 e. The first-order chi connectivity index (χ1) is 10.5. The van der Waals surface area contributed by atoms with E-state index in [9.17, 15) is 14.3 Å². The zero-order chi connectivity index (χ0) is 16.1. The lowest BCUT2D eigenvalue weighted by atomic mass is 10.0. The molecule has 2 atom stereocenters. The van der Waals surface area contributed by atoms with Crippen LogP contribution in [0.3, 0.4) is 0 Å². The van der Waals surface area contributed by atoms with Gasteiger partial charge in [0.25, 0.3) is 5.91 Å². The normalized spacial score (nSPS) is 13.6. The third-order valence-corrected chi connectivity index (χ3v) is 3.23. The lowest BCUT2D eigenvalue weighted by Gasteiger charge is -2.14. The van der Waals surface area contributed by atoms with Gasteiger partial charge in [0.15, 0.2) is 0 Å². The SMILES string of the molecule is CC(O)CC(C)CNC(=O)c1ccc(-n2cncn2)c(F)c1. The molecule has 1 amide bonds. The lowest BCUT2D eigenvalue weighted by Crippen LogP contribution is -2.29. The molecule has 0 saturated heterocycles. The molecule has 0 saturated carbocycles. The lowest BCUT2D eigenvalue weighted by molar-refractivity contribution is 0.0939. The average molecular weight is 306 g/mol. The molecule has 0 radical (unpaired) electrons. The van der Waals surface area contributed by atoms with E-state index in [-0.39, 0.29) is 23.1 Å². The number of amides is 1. The molecule has 0 fully saturated rings. The van der Waals surface area contributed by atoms with Crippen LogP contribution in [0.25, 0.3) is 5.69 Å². The molecule has 0 bridgehead atoms. The Morgan fingerprint density at radius 3 is 2.82 bits per heavy atom. The van der Waals surface area contributed by atoms with Gasteiger partial charge in [0.2, 0.25) is 0 Å². The monoisotopic (exact) mass is 306 g/mol. The van der Waals surface area contributed by atoms with E-state index in [1.54, 1.807) is 6.92 Å². The van der Waals surface area contributed by atoms with Gasteiger partial charge < -0.3 is 10.4 Å². The van der Waals surface area contributed by atoms with Crippen molar-refractivity contribution in [1.29, 1.82) is 0 Å². The van der Waals surface area contributed by atoms with E-state index >= 15 is 0 Å². The van der Waals surface area contributed by atoms with Gasteiger partial charge in [0, 0.05) is 12.1 Å². The number of carbonyl (C=O) groups is 1. The number of hydrogen-bond donors (Lipinski definition) is 2. The van der Waals surface area contributed by atoms with Gasteiger partial charge in [-0.1, -0.05) is 6.92 Å². The molecule has 2 aromatic rings. The molecule has 1 aromatic heterocycles. The number of hydrogen-bond acceptors (Lipinski definition) is 4. The van der Waals surface area contributed by atoms with Crippen LogP contribution in [0.1, 0.15) is 30.6 Å². The van der Waals surface area contributed by atoms with E-state index in [4.69, 9.17) is 0 Å². The van der Waals surface area contributed by atoms with Crippen molar-refractivity contribution in [2.75, 3.05) is 6.54 Å². The maximum atomic E-state index is 14.0. The van der Waals surface area contributed by atoms with Crippen molar-refractivity contribution in [3.63, 3.8) is 0 Å². The first-order valence-electron chi connectivity index (χ1n) is 7.08. The second-order valence-corrected chi connectivity index (χ2v) is 5.41. The highest BCUT2D eigenvalue weighted by molar-refractivity contribution is 5.94. The molecule has 6 nitrogen and oxygen atoms in total. The summed E-state index contributed by atoms with van der Waals surface area (Å²) in [6, 6.07) is 4.19. The highest BCUT2D eigenvalue weighted by atomic mass is 19.1. The molecule has 1 aromatic carbocycles. The minimum Gasteiger partial charge on any atom is -0.393 e. The summed E-state index contributed by atoms with van der Waals surface area (Å²) in [6.07, 6.45) is 2.88. The second kappa shape index (κ2) is 7.13. The minimum absolute atomic E-state index is 0.142. The van der Waals surface area contributed by atoms with Gasteiger partial charge >= 0.3 is 0 Å². The Morgan fingerprint density at radius 1 is 1.45 bits per heavy atom. The van der Waals surface area contributed by atoms with Gasteiger partial charge in [-0.15, -0.1) is 0 Å². The first-order valence-corrected chi connectivity index (χ1v) is 7.08. The molecule has 7 heteroatoms. The van der Waals surface area contributed by atoms with Crippen molar-refractivity contribution in [1.82, 2.24) is 20.1 Å². The minimum atomic E-state index is -0.546. The number of nitrogens with zero attached hydrogens (tertiary/aromatic N) is 3. The van der Waals surface area contributed by atoms with Gasteiger partial charge in [-0.25, -0.2) is 14.1 Å². The molecule has 2 rings (SSSR count). The van der Waals surface area contributed by atoms with Crippen LogP contribution in [-0.2, 0) is 0 Å². The second-order valence-electron chi connectivity index (χ2n) is 5.41. The fraction of sp³-hybridized carbons (Fsp3) is 0.400. The number of aliphatic hydroxyl groups is 1. The number of rotatable bonds is 6. The van der Waals surface area contributed by atoms with Crippen LogP contribution in [0, 0.1) is 11.7 Å². The zero-order valence-corrected chi connectivity index (χ0v) is 12.5. The summed E-state index contributed by atoms with van der Waals surface area (Å²) < 4.78 is 15.3. The summed E-state index contributed by atoms with van der Waals surface area (Å²) in [6.45, 7) is 4.06. The summed E-state index contributed by atoms with van der Waals surface area (Å²) >= 11 is 0. The van der Waals surface area contributed by atoms with Gasteiger partial charge in [-0.05, 0) is 37.5 Å². The van der Waals surface area contributed by atoms with Crippen LogP contribution in [0.4, 0.5) is 4.39 Å². The molecule has 0 aliphatic carbocycles. The Kier molecular flexibility index (Phi) is 5.21. The van der Waals surface area contributed by atoms with Crippen LogP contribution in [0.5, 0.6) is 0 Å². The van der Waals surface area contributed by atoms with E-state index in [0.29, 0.717) is 13.0 Å². The van der Waals surface area contributed by atoms with Gasteiger partial charge in [-0.2, -0.15) is 5.10 Å². The Balaban J connectivity index is 2.01. The summed E-state index contributed by atoms with van der Waals surface area (Å²) in [5.41, 5.74) is 0.474. The van der Waals surface area contributed by atoms with Crippen LogP contribution in [0.2, 0.25) is 0 Å². The highest BCUT2D eigenvalue weighted by Crippen LogP contribution is 2.14. The molecule has 0 spiro atoms. The molecule has 2 unspecified atom stereocenters. The molecule has 0 aliphatic rings. The Hall–Kier alpha value is -2.28. The first kappa shape index (κ1) is 16.1. The average Bonchev–Trinajstić information content (AvgIpc) is 2.97. The predicted molar refractivity (Wildman–Crippen MR) is 79.1 cm³/mol. The van der Waals surface area contributed by atoms with Crippen molar-refractivity contribution >= 4 is 5.91 Å². The third kappa shape index (κ3) is 4.11. The van der Waals surface area contributed by atoms with Crippen LogP contribution >= 0.6 is 0 Å². The van der Waals surface area contributed by atoms with Crippen molar-refractivity contribution in [3.05, 3.63) is 42.2 Å². The summed E-state index contributed by atoms with van der Waals surface area (Å²) in [7, 11) is 0. The van der Waals surface area contributed by atoms with Crippen molar-refractivity contribution < 1.29 is 14.3 Å². The summed E-state index contributed by atoms with van der Waals surface area (Å²) in [5.74, 6) is -0.750. The number of aromatic nitrogens is 3. The van der Waals surface area contributed by atoms with E-state index in [0.717, 1.165) is 0 Å². The molecular weight excluding hydrogens is 287 g/mol. The molecule has 118 valence electrons. The Morgan fingerprint density at radius 2 is 2.23 bits per heavy atom. The van der Waals surface area contributed by atoms with E-state index in [1.807, 2.05) is 6.92 Å². The number of aliphatic hydroxyl groups excluding tert-OH is 1. The van der Waals surface area contributed by atoms with Gasteiger partial charge in [0.1, 0.15) is 24.2 Å². The third-order valence-electron chi connectivity index (χ3n) is 3.23. The van der Waals surface area contributed by atoms with E-state index in [2.05, 4.69) is 15.4 Å². The molecular formula is C15H19FN4O2. The smallest absolute Gasteiger partial charge is 0.251 e. The van der Waals surface area contributed by atoms with Crippen molar-refractivity contribution in [2.24, 2.45) is 5.92 Å². The molecule has 1 heterocycles. The van der Waals surface area contributed by atoms with Gasteiger partial charge in [-0.3, -0.25) is 4.79 Å². The summed E-state index contributed by atoms with van der Waals surface area (Å²) in [4.78, 5) is 15.8. The Labute approximate surface area is 128 Å². The Bertz CT molecular complexity index is 628. The molecule has 2 N–H and O–H groups in total. The predicted octanol–water partition coefficient (Wildman–Crippen LogP) is 1.54. The topological polar surface area (TPSA) is 80.0 Å². The van der Waals surface area contributed by atoms with Crippen LogP contribution in [0.15, 0.2) is 30.9 Å². The van der Waals surface area contributed by atoms with Gasteiger partial charge in [0.05, 0.1) is 6.10 Å². The molecule has 22 heavy (non-hydrogen) atoms. The van der Waals surface area contributed by atoms with Crippen LogP contribution < -0.4 is 5.32 Å². The fourth-order valence-electron chi connectivity index (χ4n) is 2.20. The zero-order valence-electron chi connectivity index (χ0n) is 12.5. The largest absolute Gasteiger partial charge is 0.393 e. The maximum absolute atomic E-state index is 14.0. The summed E-state index contributed by atoms with van der Waals surface area (Å²) in [5, 5.41) is 15.9. The van der Waals surface area contributed by atoms with Crippen molar-refractivity contribution in [2.45, 2.75) is 26.4 Å². The van der Waals surface area contributed by atoms with E-state index < -0.39 is 11.9 Å². The van der Waals surface area contributed by atoms with Crippen molar-refractivity contribution in [3.8, 4) is 5.69 Å².